The summed E-state index contributed by atoms with van der Waals surface area (Å²) in [6.45, 7) is 0.445. The molecule has 1 aromatic rings. The molecule has 0 fully saturated rings. The molecule has 1 aromatic heterocycles. The van der Waals surface area contributed by atoms with Gasteiger partial charge in [-0.15, -0.1) is 0 Å². The number of hydrogen-bond donors (Lipinski definition) is 1. The monoisotopic (exact) mass is 166 g/mol. The zero-order chi connectivity index (χ0) is 8.81. The minimum atomic E-state index is -0.432. The second-order valence-electron chi connectivity index (χ2n) is 2.21. The maximum Gasteiger partial charge on any atom is 0.407 e. The zero-order valence-corrected chi connectivity index (χ0v) is 6.78. The van der Waals surface area contributed by atoms with Crippen LogP contribution in [-0.2, 0) is 11.3 Å². The average molecular weight is 166 g/mol. The lowest BCUT2D eigenvalue weighted by Gasteiger charge is -2.01. The van der Waals surface area contributed by atoms with Crippen molar-refractivity contribution in [3.8, 4) is 0 Å². The van der Waals surface area contributed by atoms with E-state index in [1.807, 2.05) is 12.1 Å². The molecular formula is C8H10N2O2. The summed E-state index contributed by atoms with van der Waals surface area (Å²) in [5, 5.41) is 2.55. The Morgan fingerprint density at radius 2 is 2.58 bits per heavy atom. The number of methoxy groups -OCH3 is 1. The molecule has 4 heteroatoms. The third-order valence-corrected chi connectivity index (χ3v) is 1.35. The SMILES string of the molecule is COC(=O)NCc1cccnc1. The van der Waals surface area contributed by atoms with Crippen LogP contribution in [0.25, 0.3) is 0 Å². The third-order valence-electron chi connectivity index (χ3n) is 1.35. The summed E-state index contributed by atoms with van der Waals surface area (Å²) >= 11 is 0. The molecule has 64 valence electrons. The van der Waals surface area contributed by atoms with Gasteiger partial charge in [0.25, 0.3) is 0 Å². The van der Waals surface area contributed by atoms with Gasteiger partial charge < -0.3 is 10.1 Å². The van der Waals surface area contributed by atoms with Crippen molar-refractivity contribution >= 4 is 6.09 Å². The number of rotatable bonds is 2. The standard InChI is InChI=1S/C8H10N2O2/c1-12-8(11)10-6-7-3-2-4-9-5-7/h2-5H,6H2,1H3,(H,10,11). The number of hydrogen-bond acceptors (Lipinski definition) is 3. The molecule has 1 amide bonds. The Bertz CT molecular complexity index is 248. The van der Waals surface area contributed by atoms with Crippen LogP contribution < -0.4 is 5.32 Å². The van der Waals surface area contributed by atoms with Crippen LogP contribution in [0.5, 0.6) is 0 Å². The molecule has 1 rings (SSSR count). The summed E-state index contributed by atoms with van der Waals surface area (Å²) < 4.78 is 4.40. The third kappa shape index (κ3) is 2.57. The van der Waals surface area contributed by atoms with Crippen molar-refractivity contribution < 1.29 is 9.53 Å². The maximum atomic E-state index is 10.6. The Hall–Kier alpha value is -1.58. The molecule has 12 heavy (non-hydrogen) atoms. The van der Waals surface area contributed by atoms with Crippen molar-refractivity contribution in [2.45, 2.75) is 6.54 Å². The fourth-order valence-corrected chi connectivity index (χ4v) is 0.749. The lowest BCUT2D eigenvalue weighted by molar-refractivity contribution is 0.170. The van der Waals surface area contributed by atoms with E-state index in [1.165, 1.54) is 7.11 Å². The summed E-state index contributed by atoms with van der Waals surface area (Å²) in [5.74, 6) is 0. The summed E-state index contributed by atoms with van der Waals surface area (Å²) in [6, 6.07) is 3.69. The molecule has 0 saturated carbocycles. The Kier molecular flexibility index (Phi) is 3.07. The summed E-state index contributed by atoms with van der Waals surface area (Å²) in [7, 11) is 1.33. The molecule has 0 saturated heterocycles. The topological polar surface area (TPSA) is 51.2 Å². The quantitative estimate of drug-likeness (QED) is 0.711. The highest BCUT2D eigenvalue weighted by molar-refractivity contribution is 5.66. The second kappa shape index (κ2) is 4.33. The number of nitrogens with one attached hydrogen (secondary N) is 1. The molecule has 1 heterocycles. The van der Waals surface area contributed by atoms with Gasteiger partial charge in [-0.3, -0.25) is 4.98 Å². The van der Waals surface area contributed by atoms with Crippen LogP contribution in [0.2, 0.25) is 0 Å². The molecule has 0 aliphatic heterocycles. The predicted octanol–water partition coefficient (Wildman–Crippen LogP) is 0.938. The molecule has 0 aromatic carbocycles. The van der Waals surface area contributed by atoms with Gasteiger partial charge in [0.05, 0.1) is 7.11 Å². The highest BCUT2D eigenvalue weighted by Gasteiger charge is 1.97. The highest BCUT2D eigenvalue weighted by atomic mass is 16.5. The van der Waals surface area contributed by atoms with E-state index in [4.69, 9.17) is 0 Å². The molecule has 0 radical (unpaired) electrons. The van der Waals surface area contributed by atoms with Crippen LogP contribution in [0, 0.1) is 0 Å². The van der Waals surface area contributed by atoms with Crippen LogP contribution in [0.3, 0.4) is 0 Å². The average Bonchev–Trinajstić information content (AvgIpc) is 2.16. The first-order valence-electron chi connectivity index (χ1n) is 3.53. The molecule has 0 atom stereocenters. The van der Waals surface area contributed by atoms with Gasteiger partial charge in [0.1, 0.15) is 0 Å². The minimum Gasteiger partial charge on any atom is -0.453 e. The van der Waals surface area contributed by atoms with Gasteiger partial charge in [-0.25, -0.2) is 4.79 Å². The van der Waals surface area contributed by atoms with Crippen molar-refractivity contribution in [2.24, 2.45) is 0 Å². The largest absolute Gasteiger partial charge is 0.453 e. The van der Waals surface area contributed by atoms with Crippen LogP contribution >= 0.6 is 0 Å². The van der Waals surface area contributed by atoms with Crippen LogP contribution in [-0.4, -0.2) is 18.2 Å². The Labute approximate surface area is 70.6 Å². The van der Waals surface area contributed by atoms with Gasteiger partial charge in [0.15, 0.2) is 0 Å². The Morgan fingerprint density at radius 3 is 3.17 bits per heavy atom. The van der Waals surface area contributed by atoms with E-state index in [0.29, 0.717) is 6.54 Å². The zero-order valence-electron chi connectivity index (χ0n) is 6.78. The van der Waals surface area contributed by atoms with Gasteiger partial charge in [-0.05, 0) is 11.6 Å². The van der Waals surface area contributed by atoms with E-state index in [1.54, 1.807) is 12.4 Å². The van der Waals surface area contributed by atoms with Crippen molar-refractivity contribution in [3.63, 3.8) is 0 Å². The van der Waals surface area contributed by atoms with E-state index in [2.05, 4.69) is 15.0 Å². The molecular weight excluding hydrogens is 156 g/mol. The Morgan fingerprint density at radius 1 is 1.75 bits per heavy atom. The second-order valence-corrected chi connectivity index (χ2v) is 2.21. The lowest BCUT2D eigenvalue weighted by Crippen LogP contribution is -2.22. The normalized spacial score (nSPS) is 9.08. The van der Waals surface area contributed by atoms with E-state index in [0.717, 1.165) is 5.56 Å². The summed E-state index contributed by atoms with van der Waals surface area (Å²) in [6.07, 6.45) is 2.94. The fraction of sp³-hybridized carbons (Fsp3) is 0.250. The molecule has 0 aliphatic rings. The molecule has 1 N–H and O–H groups in total. The van der Waals surface area contributed by atoms with E-state index >= 15 is 0 Å². The maximum absolute atomic E-state index is 10.6. The van der Waals surface area contributed by atoms with Crippen molar-refractivity contribution in [3.05, 3.63) is 30.1 Å². The predicted molar refractivity (Wildman–Crippen MR) is 43.5 cm³/mol. The first kappa shape index (κ1) is 8.52. The molecule has 0 spiro atoms. The highest BCUT2D eigenvalue weighted by Crippen LogP contribution is 1.93. The van der Waals surface area contributed by atoms with Gasteiger partial charge in [0.2, 0.25) is 0 Å². The number of pyridine rings is 1. The molecule has 0 aliphatic carbocycles. The summed E-state index contributed by atoms with van der Waals surface area (Å²) in [4.78, 5) is 14.5. The number of carbonyl (C=O) groups excluding carboxylic acids is 1. The lowest BCUT2D eigenvalue weighted by atomic mass is 10.3. The number of ether oxygens (including phenoxy) is 1. The van der Waals surface area contributed by atoms with Crippen molar-refractivity contribution in [1.29, 1.82) is 0 Å². The van der Waals surface area contributed by atoms with Crippen LogP contribution in [0.1, 0.15) is 5.56 Å². The molecule has 0 bridgehead atoms. The van der Waals surface area contributed by atoms with Crippen molar-refractivity contribution in [2.75, 3.05) is 7.11 Å². The van der Waals surface area contributed by atoms with E-state index in [-0.39, 0.29) is 0 Å². The Balaban J connectivity index is 2.38. The first-order chi connectivity index (χ1) is 5.83. The summed E-state index contributed by atoms with van der Waals surface area (Å²) in [5.41, 5.74) is 0.947. The minimum absolute atomic E-state index is 0.432. The van der Waals surface area contributed by atoms with E-state index in [9.17, 15) is 4.79 Å². The van der Waals surface area contributed by atoms with E-state index < -0.39 is 6.09 Å². The molecule has 4 nitrogen and oxygen atoms in total. The molecule has 0 unspecified atom stereocenters. The number of carbonyl (C=O) groups is 1. The van der Waals surface area contributed by atoms with Gasteiger partial charge in [0, 0.05) is 18.9 Å². The number of alkyl carbamates (subject to hydrolysis) is 1. The number of amides is 1. The van der Waals surface area contributed by atoms with Crippen molar-refractivity contribution in [1.82, 2.24) is 10.3 Å². The smallest absolute Gasteiger partial charge is 0.407 e. The fourth-order valence-electron chi connectivity index (χ4n) is 0.749. The van der Waals surface area contributed by atoms with Gasteiger partial charge in [-0.2, -0.15) is 0 Å². The van der Waals surface area contributed by atoms with Gasteiger partial charge >= 0.3 is 6.09 Å². The van der Waals surface area contributed by atoms with Crippen LogP contribution in [0.4, 0.5) is 4.79 Å². The number of nitrogens with zero attached hydrogens (tertiary/aromatic N) is 1. The van der Waals surface area contributed by atoms with Crippen LogP contribution in [0.15, 0.2) is 24.5 Å². The first-order valence-corrected chi connectivity index (χ1v) is 3.53. The van der Waals surface area contributed by atoms with Gasteiger partial charge in [-0.1, -0.05) is 6.07 Å². The number of aromatic nitrogens is 1.